The molecule has 0 bridgehead atoms. The quantitative estimate of drug-likeness (QED) is 0.576. The van der Waals surface area contributed by atoms with Crippen molar-refractivity contribution in [1.82, 2.24) is 19.9 Å². The first-order valence-electron chi connectivity index (χ1n) is 12.4. The third-order valence-electron chi connectivity index (χ3n) is 6.92. The van der Waals surface area contributed by atoms with Gasteiger partial charge in [-0.05, 0) is 45.2 Å². The van der Waals surface area contributed by atoms with Crippen LogP contribution in [0.4, 0.5) is 10.4 Å². The molecular formula is C25H36FN5O3. The number of nitrogens with zero attached hydrogens (tertiary/aromatic N) is 5. The van der Waals surface area contributed by atoms with Crippen molar-refractivity contribution in [1.29, 1.82) is 0 Å². The molecule has 2 saturated heterocycles. The van der Waals surface area contributed by atoms with Gasteiger partial charge in [-0.25, -0.2) is 4.39 Å². The molecule has 0 radical (unpaired) electrons. The third-order valence-corrected chi connectivity index (χ3v) is 6.92. The Hall–Kier alpha value is -2.68. The predicted molar refractivity (Wildman–Crippen MR) is 128 cm³/mol. The van der Waals surface area contributed by atoms with Crippen LogP contribution in [-0.4, -0.2) is 77.8 Å². The van der Waals surface area contributed by atoms with Crippen LogP contribution in [0.15, 0.2) is 16.7 Å². The van der Waals surface area contributed by atoms with E-state index in [1.165, 1.54) is 0 Å². The largest absolute Gasteiger partial charge is 0.490 e. The lowest BCUT2D eigenvalue weighted by atomic mass is 10.1. The number of aromatic nitrogens is 2. The molecule has 1 aromatic heterocycles. The van der Waals surface area contributed by atoms with E-state index in [2.05, 4.69) is 26.9 Å². The fraction of sp³-hybridized carbons (Fsp3) is 0.640. The van der Waals surface area contributed by atoms with Gasteiger partial charge in [0.05, 0.1) is 6.61 Å². The van der Waals surface area contributed by atoms with E-state index in [0.717, 1.165) is 64.4 Å². The van der Waals surface area contributed by atoms with Crippen molar-refractivity contribution in [3.05, 3.63) is 34.9 Å². The molecule has 0 aliphatic carbocycles. The molecular weight excluding hydrogens is 437 g/mol. The minimum absolute atomic E-state index is 0.0887. The number of carbonyl (C=O) groups is 1. The van der Waals surface area contributed by atoms with Gasteiger partial charge >= 0.3 is 6.01 Å². The first kappa shape index (κ1) is 24.4. The van der Waals surface area contributed by atoms with Crippen LogP contribution < -0.4 is 9.64 Å². The lowest BCUT2D eigenvalue weighted by Gasteiger charge is -2.37. The molecule has 1 unspecified atom stereocenters. The summed E-state index contributed by atoms with van der Waals surface area (Å²) in [4.78, 5) is 23.5. The van der Waals surface area contributed by atoms with Crippen LogP contribution in [0.1, 0.15) is 67.7 Å². The summed E-state index contributed by atoms with van der Waals surface area (Å²) in [6.45, 7) is 13.3. The average Bonchev–Trinajstić information content (AvgIpc) is 3.54. The van der Waals surface area contributed by atoms with Gasteiger partial charge in [-0.3, -0.25) is 9.69 Å². The number of benzene rings is 1. The maximum atomic E-state index is 14.9. The molecule has 0 saturated carbocycles. The Labute approximate surface area is 201 Å². The first-order chi connectivity index (χ1) is 16.3. The molecule has 4 rings (SSSR count). The van der Waals surface area contributed by atoms with Gasteiger partial charge in [-0.1, -0.05) is 19.0 Å². The van der Waals surface area contributed by atoms with Gasteiger partial charge in [0.2, 0.25) is 0 Å². The van der Waals surface area contributed by atoms with Crippen molar-refractivity contribution >= 4 is 11.9 Å². The number of ether oxygens (including phenoxy) is 1. The third kappa shape index (κ3) is 5.35. The minimum Gasteiger partial charge on any atom is -0.490 e. The Morgan fingerprint density at radius 2 is 1.82 bits per heavy atom. The van der Waals surface area contributed by atoms with Crippen LogP contribution in [0.25, 0.3) is 0 Å². The highest BCUT2D eigenvalue weighted by Crippen LogP contribution is 2.26. The number of carbonyl (C=O) groups excluding carboxylic acids is 1. The number of hydrogen-bond acceptors (Lipinski definition) is 7. The molecule has 1 atom stereocenters. The number of rotatable bonds is 8. The normalized spacial score (nSPS) is 18.1. The van der Waals surface area contributed by atoms with Gasteiger partial charge in [0.1, 0.15) is 0 Å². The Kier molecular flexibility index (Phi) is 7.70. The zero-order chi connectivity index (χ0) is 24.2. The van der Waals surface area contributed by atoms with Crippen LogP contribution >= 0.6 is 0 Å². The molecule has 2 fully saturated rings. The summed E-state index contributed by atoms with van der Waals surface area (Å²) in [5.74, 6) is 0.665. The molecule has 1 amide bonds. The van der Waals surface area contributed by atoms with E-state index in [4.69, 9.17) is 9.26 Å². The summed E-state index contributed by atoms with van der Waals surface area (Å²) in [6.07, 6.45) is 2.81. The Morgan fingerprint density at radius 3 is 2.47 bits per heavy atom. The molecule has 186 valence electrons. The highest BCUT2D eigenvalue weighted by molar-refractivity contribution is 5.96. The summed E-state index contributed by atoms with van der Waals surface area (Å²) in [6, 6.07) is 4.18. The van der Waals surface area contributed by atoms with Gasteiger partial charge < -0.3 is 19.1 Å². The van der Waals surface area contributed by atoms with Crippen molar-refractivity contribution in [2.45, 2.75) is 58.9 Å². The second-order valence-electron chi connectivity index (χ2n) is 9.65. The lowest BCUT2D eigenvalue weighted by molar-refractivity contribution is 0.0791. The maximum absolute atomic E-state index is 14.9. The molecule has 0 N–H and O–H groups in total. The lowest BCUT2D eigenvalue weighted by Crippen LogP contribution is -2.50. The summed E-state index contributed by atoms with van der Waals surface area (Å²) in [5.41, 5.74) is 0.792. The van der Waals surface area contributed by atoms with Crippen LogP contribution in [0.5, 0.6) is 5.75 Å². The molecule has 2 aliphatic rings. The summed E-state index contributed by atoms with van der Waals surface area (Å²) < 4.78 is 26.1. The van der Waals surface area contributed by atoms with Crippen LogP contribution in [0, 0.1) is 12.7 Å². The van der Waals surface area contributed by atoms with Gasteiger partial charge in [0.15, 0.2) is 17.4 Å². The number of anilines is 1. The number of likely N-dealkylation sites (tertiary alicyclic amines) is 1. The first-order valence-corrected chi connectivity index (χ1v) is 12.4. The van der Waals surface area contributed by atoms with Gasteiger partial charge in [-0.2, -0.15) is 4.98 Å². The van der Waals surface area contributed by atoms with E-state index in [0.29, 0.717) is 29.8 Å². The van der Waals surface area contributed by atoms with Crippen LogP contribution in [-0.2, 0) is 0 Å². The van der Waals surface area contributed by atoms with Crippen molar-refractivity contribution < 1.29 is 18.4 Å². The minimum atomic E-state index is -0.438. The number of piperazine rings is 1. The van der Waals surface area contributed by atoms with E-state index < -0.39 is 5.82 Å². The summed E-state index contributed by atoms with van der Waals surface area (Å²) in [5, 5.41) is 4.05. The highest BCUT2D eigenvalue weighted by Gasteiger charge is 2.26. The summed E-state index contributed by atoms with van der Waals surface area (Å²) in [7, 11) is 0. The molecule has 34 heavy (non-hydrogen) atoms. The molecule has 3 heterocycles. The van der Waals surface area contributed by atoms with Crippen molar-refractivity contribution in [2.75, 3.05) is 50.8 Å². The van der Waals surface area contributed by atoms with E-state index in [-0.39, 0.29) is 17.6 Å². The SMILES string of the molecule is Cc1c(C(=O)N2CCCC2)ccc(OCCC(C)N2CCN(c3nc(C(C)C)no3)CC2)c1F. The van der Waals surface area contributed by atoms with Crippen LogP contribution in [0.2, 0.25) is 0 Å². The Bertz CT molecular complexity index is 981. The van der Waals surface area contributed by atoms with Crippen molar-refractivity contribution in [3.63, 3.8) is 0 Å². The number of halogens is 1. The van der Waals surface area contributed by atoms with Crippen molar-refractivity contribution in [2.24, 2.45) is 0 Å². The fourth-order valence-corrected chi connectivity index (χ4v) is 4.56. The zero-order valence-corrected chi connectivity index (χ0v) is 20.7. The average molecular weight is 474 g/mol. The second kappa shape index (κ2) is 10.7. The predicted octanol–water partition coefficient (Wildman–Crippen LogP) is 3.86. The van der Waals surface area contributed by atoms with Crippen LogP contribution in [0.3, 0.4) is 0 Å². The van der Waals surface area contributed by atoms with Gasteiger partial charge in [0, 0.05) is 62.4 Å². The molecule has 8 nitrogen and oxygen atoms in total. The number of amides is 1. The highest BCUT2D eigenvalue weighted by atomic mass is 19.1. The van der Waals surface area contributed by atoms with Gasteiger partial charge in [-0.15, -0.1) is 0 Å². The zero-order valence-electron chi connectivity index (χ0n) is 20.7. The van der Waals surface area contributed by atoms with E-state index >= 15 is 0 Å². The smallest absolute Gasteiger partial charge is 0.324 e. The molecule has 0 spiro atoms. The fourth-order valence-electron chi connectivity index (χ4n) is 4.56. The van der Waals surface area contributed by atoms with E-state index in [1.54, 1.807) is 24.0 Å². The van der Waals surface area contributed by atoms with E-state index in [1.807, 2.05) is 13.8 Å². The van der Waals surface area contributed by atoms with Gasteiger partial charge in [0.25, 0.3) is 5.91 Å². The Balaban J connectivity index is 1.25. The standard InChI is InChI=1S/C25H36FN5O3/c1-17(2)23-27-25(34-28-23)31-14-12-29(13-15-31)18(3)9-16-33-21-8-7-20(19(4)22(21)26)24(32)30-10-5-6-11-30/h7-8,17-18H,5-6,9-16H2,1-4H3. The molecule has 2 aromatic rings. The second-order valence-corrected chi connectivity index (χ2v) is 9.65. The molecule has 1 aromatic carbocycles. The maximum Gasteiger partial charge on any atom is 0.324 e. The number of hydrogen-bond donors (Lipinski definition) is 0. The molecule has 2 aliphatic heterocycles. The topological polar surface area (TPSA) is 74.9 Å². The summed E-state index contributed by atoms with van der Waals surface area (Å²) >= 11 is 0. The Morgan fingerprint density at radius 1 is 1.12 bits per heavy atom. The van der Waals surface area contributed by atoms with Crippen molar-refractivity contribution in [3.8, 4) is 5.75 Å². The molecule has 9 heteroatoms. The monoisotopic (exact) mass is 473 g/mol. The van der Waals surface area contributed by atoms with E-state index in [9.17, 15) is 9.18 Å².